The van der Waals surface area contributed by atoms with Crippen molar-refractivity contribution in [3.8, 4) is 0 Å². The summed E-state index contributed by atoms with van der Waals surface area (Å²) in [6.07, 6.45) is -5.25. The molecule has 0 aromatic carbocycles. The number of hydrogen-bond donors (Lipinski definition) is 2. The van der Waals surface area contributed by atoms with Gasteiger partial charge in [0.1, 0.15) is 11.4 Å². The monoisotopic (exact) mass is 262 g/mol. The summed E-state index contributed by atoms with van der Waals surface area (Å²) in [5.41, 5.74) is -0.280. The third-order valence-electron chi connectivity index (χ3n) is 1.93. The van der Waals surface area contributed by atoms with E-state index < -0.39 is 30.9 Å². The van der Waals surface area contributed by atoms with Gasteiger partial charge in [-0.25, -0.2) is 9.78 Å². The Morgan fingerprint density at radius 3 is 2.61 bits per heavy atom. The number of hydrogen-bond acceptors (Lipinski definition) is 3. The third-order valence-corrected chi connectivity index (χ3v) is 1.93. The molecule has 1 aromatic rings. The number of anilines is 1. The lowest BCUT2D eigenvalue weighted by atomic mass is 10.2. The van der Waals surface area contributed by atoms with E-state index in [1.807, 2.05) is 5.32 Å². The maximum Gasteiger partial charge on any atom is 0.389 e. The summed E-state index contributed by atoms with van der Waals surface area (Å²) in [6, 6.07) is 2.53. The number of aromatic nitrogens is 1. The standard InChI is InChI=1S/C10H9F3N2O3/c11-10(12,13)4-3-7(16)15-8-6(9(17)18)2-1-5-14-8/h1-2,5H,3-4H2,(H,17,18)(H,14,15,16). The van der Waals surface area contributed by atoms with Gasteiger partial charge >= 0.3 is 12.1 Å². The van der Waals surface area contributed by atoms with Crippen molar-refractivity contribution >= 4 is 17.7 Å². The van der Waals surface area contributed by atoms with Gasteiger partial charge in [0.15, 0.2) is 0 Å². The molecule has 0 aliphatic carbocycles. The smallest absolute Gasteiger partial charge is 0.389 e. The number of pyridine rings is 1. The maximum absolute atomic E-state index is 11.9. The van der Waals surface area contributed by atoms with Gasteiger partial charge in [-0.05, 0) is 12.1 Å². The minimum absolute atomic E-state index is 0.267. The molecule has 0 spiro atoms. The van der Waals surface area contributed by atoms with E-state index in [2.05, 4.69) is 4.98 Å². The fraction of sp³-hybridized carbons (Fsp3) is 0.300. The predicted molar refractivity (Wildman–Crippen MR) is 55.1 cm³/mol. The summed E-state index contributed by atoms with van der Waals surface area (Å²) in [4.78, 5) is 25.5. The zero-order chi connectivity index (χ0) is 13.8. The number of carbonyl (C=O) groups is 2. The van der Waals surface area contributed by atoms with Crippen LogP contribution in [0.1, 0.15) is 23.2 Å². The highest BCUT2D eigenvalue weighted by molar-refractivity contribution is 5.99. The first-order chi connectivity index (χ1) is 8.29. The molecule has 0 aliphatic rings. The predicted octanol–water partition coefficient (Wildman–Crippen LogP) is 2.06. The van der Waals surface area contributed by atoms with Crippen LogP contribution in [0.5, 0.6) is 0 Å². The summed E-state index contributed by atoms with van der Waals surface area (Å²) in [6.45, 7) is 0. The highest BCUT2D eigenvalue weighted by atomic mass is 19.4. The molecule has 1 rings (SSSR count). The number of amides is 1. The van der Waals surface area contributed by atoms with Crippen molar-refractivity contribution < 1.29 is 27.9 Å². The minimum atomic E-state index is -4.43. The van der Waals surface area contributed by atoms with Crippen LogP contribution in [0.25, 0.3) is 0 Å². The normalized spacial score (nSPS) is 11.1. The number of carboxylic acid groups (broad SMARTS) is 1. The van der Waals surface area contributed by atoms with Crippen molar-refractivity contribution in [2.75, 3.05) is 5.32 Å². The lowest BCUT2D eigenvalue weighted by molar-refractivity contribution is -0.142. The molecule has 98 valence electrons. The van der Waals surface area contributed by atoms with Gasteiger partial charge in [-0.3, -0.25) is 4.79 Å². The summed E-state index contributed by atoms with van der Waals surface area (Å²) in [5.74, 6) is -2.53. The van der Waals surface area contributed by atoms with E-state index >= 15 is 0 Å². The number of nitrogens with one attached hydrogen (secondary N) is 1. The second-order valence-corrected chi connectivity index (χ2v) is 3.37. The van der Waals surface area contributed by atoms with Gasteiger partial charge in [-0.1, -0.05) is 0 Å². The molecule has 18 heavy (non-hydrogen) atoms. The molecule has 0 unspecified atom stereocenters. The first-order valence-corrected chi connectivity index (χ1v) is 4.84. The Labute approximate surface area is 99.6 Å². The zero-order valence-corrected chi connectivity index (χ0v) is 8.99. The van der Waals surface area contributed by atoms with Crippen LogP contribution in [0, 0.1) is 0 Å². The molecular weight excluding hydrogens is 253 g/mol. The van der Waals surface area contributed by atoms with E-state index in [4.69, 9.17) is 5.11 Å². The molecule has 1 heterocycles. The van der Waals surface area contributed by atoms with E-state index in [0.29, 0.717) is 0 Å². The summed E-state index contributed by atoms with van der Waals surface area (Å²) >= 11 is 0. The summed E-state index contributed by atoms with van der Waals surface area (Å²) < 4.78 is 35.6. The number of alkyl halides is 3. The Kier molecular flexibility index (Phi) is 4.24. The molecule has 0 saturated heterocycles. The van der Waals surface area contributed by atoms with Gasteiger partial charge in [0.25, 0.3) is 0 Å². The van der Waals surface area contributed by atoms with Crippen LogP contribution in [0.3, 0.4) is 0 Å². The van der Waals surface area contributed by atoms with Crippen LogP contribution < -0.4 is 5.32 Å². The molecule has 0 aliphatic heterocycles. The second kappa shape index (κ2) is 5.48. The molecule has 0 bridgehead atoms. The number of rotatable bonds is 4. The van der Waals surface area contributed by atoms with Gasteiger partial charge in [0.05, 0.1) is 6.42 Å². The van der Waals surface area contributed by atoms with Gasteiger partial charge in [0, 0.05) is 12.6 Å². The number of carbonyl (C=O) groups excluding carboxylic acids is 1. The van der Waals surface area contributed by atoms with Crippen molar-refractivity contribution in [3.63, 3.8) is 0 Å². The van der Waals surface area contributed by atoms with Crippen molar-refractivity contribution in [2.45, 2.75) is 19.0 Å². The molecule has 2 N–H and O–H groups in total. The van der Waals surface area contributed by atoms with Gasteiger partial charge in [-0.2, -0.15) is 13.2 Å². The van der Waals surface area contributed by atoms with Crippen molar-refractivity contribution in [1.82, 2.24) is 4.98 Å². The maximum atomic E-state index is 11.9. The molecule has 5 nitrogen and oxygen atoms in total. The van der Waals surface area contributed by atoms with E-state index in [1.165, 1.54) is 18.3 Å². The summed E-state index contributed by atoms with van der Waals surface area (Å²) in [5, 5.41) is 10.8. The lowest BCUT2D eigenvalue weighted by Crippen LogP contribution is -2.18. The van der Waals surface area contributed by atoms with E-state index in [-0.39, 0.29) is 11.4 Å². The van der Waals surface area contributed by atoms with E-state index in [1.54, 1.807) is 0 Å². The molecule has 8 heteroatoms. The second-order valence-electron chi connectivity index (χ2n) is 3.37. The first-order valence-electron chi connectivity index (χ1n) is 4.84. The number of carboxylic acids is 1. The molecule has 0 saturated carbocycles. The van der Waals surface area contributed by atoms with Crippen molar-refractivity contribution in [3.05, 3.63) is 23.9 Å². The topological polar surface area (TPSA) is 79.3 Å². The molecule has 0 radical (unpaired) electrons. The minimum Gasteiger partial charge on any atom is -0.478 e. The average Bonchev–Trinajstić information content (AvgIpc) is 2.26. The van der Waals surface area contributed by atoms with Crippen molar-refractivity contribution in [1.29, 1.82) is 0 Å². The Morgan fingerprint density at radius 2 is 2.06 bits per heavy atom. The van der Waals surface area contributed by atoms with Crippen LogP contribution in [0.15, 0.2) is 18.3 Å². The van der Waals surface area contributed by atoms with Crippen LogP contribution in [-0.4, -0.2) is 28.1 Å². The van der Waals surface area contributed by atoms with Crippen LogP contribution in [-0.2, 0) is 4.79 Å². The van der Waals surface area contributed by atoms with Gasteiger partial charge in [0.2, 0.25) is 5.91 Å². The number of nitrogens with zero attached hydrogens (tertiary/aromatic N) is 1. The Bertz CT molecular complexity index is 460. The SMILES string of the molecule is O=C(CCC(F)(F)F)Nc1ncccc1C(=O)O. The fourth-order valence-electron chi connectivity index (χ4n) is 1.13. The molecule has 0 atom stereocenters. The Balaban J connectivity index is 2.68. The van der Waals surface area contributed by atoms with Crippen LogP contribution in [0.4, 0.5) is 19.0 Å². The largest absolute Gasteiger partial charge is 0.478 e. The Morgan fingerprint density at radius 1 is 1.39 bits per heavy atom. The van der Waals surface area contributed by atoms with Gasteiger partial charge < -0.3 is 10.4 Å². The average molecular weight is 262 g/mol. The summed E-state index contributed by atoms with van der Waals surface area (Å²) in [7, 11) is 0. The highest BCUT2D eigenvalue weighted by Gasteiger charge is 2.28. The van der Waals surface area contributed by atoms with E-state index in [9.17, 15) is 22.8 Å². The Hall–Kier alpha value is -2.12. The first kappa shape index (κ1) is 13.9. The van der Waals surface area contributed by atoms with Crippen LogP contribution >= 0.6 is 0 Å². The zero-order valence-electron chi connectivity index (χ0n) is 8.99. The molecule has 1 amide bonds. The third kappa shape index (κ3) is 4.40. The van der Waals surface area contributed by atoms with Crippen molar-refractivity contribution in [2.24, 2.45) is 0 Å². The number of aromatic carboxylic acids is 1. The molecule has 0 fully saturated rings. The molecular formula is C10H9F3N2O3. The van der Waals surface area contributed by atoms with Crippen LogP contribution in [0.2, 0.25) is 0 Å². The van der Waals surface area contributed by atoms with Gasteiger partial charge in [-0.15, -0.1) is 0 Å². The quantitative estimate of drug-likeness (QED) is 0.870. The van der Waals surface area contributed by atoms with E-state index in [0.717, 1.165) is 0 Å². The number of halogens is 3. The fourth-order valence-corrected chi connectivity index (χ4v) is 1.13. The highest BCUT2D eigenvalue weighted by Crippen LogP contribution is 2.21. The molecule has 1 aromatic heterocycles. The lowest BCUT2D eigenvalue weighted by Gasteiger charge is -2.08.